The van der Waals surface area contributed by atoms with Crippen LogP contribution < -0.4 is 0 Å². The zero-order valence-corrected chi connectivity index (χ0v) is 13.6. The molecule has 0 aromatic heterocycles. The van der Waals surface area contributed by atoms with Gasteiger partial charge in [0.2, 0.25) is 5.91 Å². The van der Waals surface area contributed by atoms with E-state index in [-0.39, 0.29) is 17.9 Å². The Morgan fingerprint density at radius 3 is 2.27 bits per heavy atom. The van der Waals surface area contributed by atoms with E-state index < -0.39 is 11.9 Å². The van der Waals surface area contributed by atoms with Gasteiger partial charge in [-0.25, -0.2) is 0 Å². The Kier molecular flexibility index (Phi) is 5.22. The van der Waals surface area contributed by atoms with Crippen LogP contribution >= 0.6 is 0 Å². The number of hydrogen-bond acceptors (Lipinski definition) is 2. The molecule has 4 heteroatoms. The van der Waals surface area contributed by atoms with Gasteiger partial charge in [-0.15, -0.1) is 0 Å². The van der Waals surface area contributed by atoms with Crippen molar-refractivity contribution in [2.75, 3.05) is 6.54 Å². The molecule has 0 heterocycles. The first-order chi connectivity index (χ1) is 10.4. The van der Waals surface area contributed by atoms with Crippen molar-refractivity contribution in [2.45, 2.75) is 46.1 Å². The molecular formula is C18H25NO3. The van der Waals surface area contributed by atoms with Gasteiger partial charge < -0.3 is 10.0 Å². The number of benzene rings is 1. The van der Waals surface area contributed by atoms with E-state index in [9.17, 15) is 9.59 Å². The van der Waals surface area contributed by atoms with Gasteiger partial charge in [0.25, 0.3) is 0 Å². The predicted octanol–water partition coefficient (Wildman–Crippen LogP) is 2.89. The van der Waals surface area contributed by atoms with Gasteiger partial charge in [0.15, 0.2) is 0 Å². The van der Waals surface area contributed by atoms with E-state index in [4.69, 9.17) is 5.11 Å². The number of hydrogen-bond donors (Lipinski definition) is 1. The van der Waals surface area contributed by atoms with Crippen LogP contribution in [0.5, 0.6) is 0 Å². The lowest BCUT2D eigenvalue weighted by Crippen LogP contribution is -2.41. The van der Waals surface area contributed by atoms with E-state index in [1.165, 1.54) is 5.56 Å². The minimum atomic E-state index is -0.843. The first-order valence-corrected chi connectivity index (χ1v) is 7.97. The zero-order chi connectivity index (χ0) is 16.3. The number of aliphatic carboxylic acids is 1. The van der Waals surface area contributed by atoms with Crippen LogP contribution in [0.15, 0.2) is 24.3 Å². The second-order valence-corrected chi connectivity index (χ2v) is 6.55. The van der Waals surface area contributed by atoms with Crippen LogP contribution in [-0.2, 0) is 16.0 Å². The van der Waals surface area contributed by atoms with Crippen LogP contribution in [0.4, 0.5) is 0 Å². The van der Waals surface area contributed by atoms with Crippen molar-refractivity contribution < 1.29 is 14.7 Å². The van der Waals surface area contributed by atoms with Crippen molar-refractivity contribution in [1.29, 1.82) is 0 Å². The summed E-state index contributed by atoms with van der Waals surface area (Å²) in [6.07, 6.45) is 2.69. The summed E-state index contributed by atoms with van der Waals surface area (Å²) < 4.78 is 0. The number of amides is 1. The smallest absolute Gasteiger partial charge is 0.308 e. The number of rotatable bonds is 7. The molecule has 0 saturated heterocycles. The summed E-state index contributed by atoms with van der Waals surface area (Å²) in [4.78, 5) is 25.5. The van der Waals surface area contributed by atoms with Gasteiger partial charge >= 0.3 is 5.97 Å². The molecule has 1 aromatic carbocycles. The Balaban J connectivity index is 1.99. The molecule has 1 aliphatic rings. The van der Waals surface area contributed by atoms with Gasteiger partial charge in [0, 0.05) is 18.5 Å². The van der Waals surface area contributed by atoms with Crippen LogP contribution in [0.3, 0.4) is 0 Å². The Bertz CT molecular complexity index is 534. The van der Waals surface area contributed by atoms with E-state index in [0.717, 1.165) is 18.4 Å². The third kappa shape index (κ3) is 4.33. The Morgan fingerprint density at radius 2 is 1.77 bits per heavy atom. The van der Waals surface area contributed by atoms with Gasteiger partial charge in [0.1, 0.15) is 0 Å². The summed E-state index contributed by atoms with van der Waals surface area (Å²) in [6, 6.07) is 8.46. The molecule has 2 atom stereocenters. The number of carbonyl (C=O) groups excluding carboxylic acids is 1. The third-order valence-corrected chi connectivity index (χ3v) is 4.25. The number of carbonyl (C=O) groups is 2. The lowest BCUT2D eigenvalue weighted by atomic mass is 9.98. The highest BCUT2D eigenvalue weighted by Crippen LogP contribution is 2.29. The van der Waals surface area contributed by atoms with Crippen molar-refractivity contribution in [3.8, 4) is 0 Å². The summed E-state index contributed by atoms with van der Waals surface area (Å²) in [7, 11) is 0. The van der Waals surface area contributed by atoms with Gasteiger partial charge in [-0.05, 0) is 31.7 Å². The van der Waals surface area contributed by atoms with Gasteiger partial charge in [-0.2, -0.15) is 0 Å². The molecule has 1 N–H and O–H groups in total. The molecule has 22 heavy (non-hydrogen) atoms. The summed E-state index contributed by atoms with van der Waals surface area (Å²) in [5, 5.41) is 9.08. The minimum Gasteiger partial charge on any atom is -0.481 e. The fourth-order valence-corrected chi connectivity index (χ4v) is 2.63. The van der Waals surface area contributed by atoms with Gasteiger partial charge in [-0.3, -0.25) is 9.59 Å². The number of nitrogens with zero attached hydrogens (tertiary/aromatic N) is 1. The highest BCUT2D eigenvalue weighted by atomic mass is 16.4. The number of carboxylic acid groups (broad SMARTS) is 1. The lowest BCUT2D eigenvalue weighted by Gasteiger charge is -2.27. The Hall–Kier alpha value is -1.84. The van der Waals surface area contributed by atoms with Crippen molar-refractivity contribution >= 4 is 11.9 Å². The van der Waals surface area contributed by atoms with Crippen molar-refractivity contribution in [2.24, 2.45) is 11.8 Å². The summed E-state index contributed by atoms with van der Waals surface area (Å²) >= 11 is 0. The van der Waals surface area contributed by atoms with E-state index in [0.29, 0.717) is 13.0 Å². The summed E-state index contributed by atoms with van der Waals surface area (Å²) in [5.74, 6) is -1.40. The molecule has 0 aliphatic heterocycles. The van der Waals surface area contributed by atoms with Crippen molar-refractivity contribution in [3.05, 3.63) is 35.4 Å². The number of aryl methyl sites for hydroxylation is 1. The normalized spacial score (nSPS) is 16.9. The first kappa shape index (κ1) is 16.5. The second-order valence-electron chi connectivity index (χ2n) is 6.55. The summed E-state index contributed by atoms with van der Waals surface area (Å²) in [5.41, 5.74) is 2.35. The average Bonchev–Trinajstić information content (AvgIpc) is 3.30. The SMILES string of the molecule is Cc1ccc(CC(C)C(=O)N(CC(C)C(=O)O)C2CC2)cc1. The second kappa shape index (κ2) is 6.95. The fourth-order valence-electron chi connectivity index (χ4n) is 2.63. The highest BCUT2D eigenvalue weighted by molar-refractivity contribution is 5.80. The molecule has 1 aliphatic carbocycles. The maximum atomic E-state index is 12.7. The molecule has 1 amide bonds. The topological polar surface area (TPSA) is 57.6 Å². The van der Waals surface area contributed by atoms with Gasteiger partial charge in [0.05, 0.1) is 5.92 Å². The Morgan fingerprint density at radius 1 is 1.18 bits per heavy atom. The molecule has 0 radical (unpaired) electrons. The van der Waals surface area contributed by atoms with E-state index in [1.54, 1.807) is 11.8 Å². The molecule has 2 unspecified atom stereocenters. The molecule has 0 spiro atoms. The van der Waals surface area contributed by atoms with Crippen LogP contribution in [0.1, 0.15) is 37.8 Å². The number of carboxylic acids is 1. The molecule has 120 valence electrons. The first-order valence-electron chi connectivity index (χ1n) is 7.97. The highest BCUT2D eigenvalue weighted by Gasteiger charge is 2.36. The monoisotopic (exact) mass is 303 g/mol. The van der Waals surface area contributed by atoms with Gasteiger partial charge in [-0.1, -0.05) is 43.7 Å². The molecule has 4 nitrogen and oxygen atoms in total. The minimum absolute atomic E-state index is 0.0798. The average molecular weight is 303 g/mol. The Labute approximate surface area is 132 Å². The molecule has 1 aromatic rings. The summed E-state index contributed by atoms with van der Waals surface area (Å²) in [6.45, 7) is 5.95. The van der Waals surface area contributed by atoms with Crippen LogP contribution in [0.2, 0.25) is 0 Å². The predicted molar refractivity (Wildman–Crippen MR) is 85.6 cm³/mol. The standard InChI is InChI=1S/C18H25NO3/c1-12-4-6-15(7-5-12)10-13(2)17(20)19(16-8-9-16)11-14(3)18(21)22/h4-7,13-14,16H,8-11H2,1-3H3,(H,21,22). The van der Waals surface area contributed by atoms with E-state index >= 15 is 0 Å². The largest absolute Gasteiger partial charge is 0.481 e. The molecule has 1 fully saturated rings. The maximum absolute atomic E-state index is 12.7. The van der Waals surface area contributed by atoms with Crippen LogP contribution in [-0.4, -0.2) is 34.5 Å². The zero-order valence-electron chi connectivity index (χ0n) is 13.6. The quantitative estimate of drug-likeness (QED) is 0.842. The van der Waals surface area contributed by atoms with E-state index in [1.807, 2.05) is 13.8 Å². The molecular weight excluding hydrogens is 278 g/mol. The maximum Gasteiger partial charge on any atom is 0.308 e. The van der Waals surface area contributed by atoms with Crippen molar-refractivity contribution in [1.82, 2.24) is 4.90 Å². The lowest BCUT2D eigenvalue weighted by molar-refractivity contribution is -0.144. The molecule has 2 rings (SSSR count). The van der Waals surface area contributed by atoms with E-state index in [2.05, 4.69) is 24.3 Å². The fraction of sp³-hybridized carbons (Fsp3) is 0.556. The van der Waals surface area contributed by atoms with Crippen LogP contribution in [0, 0.1) is 18.8 Å². The van der Waals surface area contributed by atoms with Crippen molar-refractivity contribution in [3.63, 3.8) is 0 Å². The van der Waals surface area contributed by atoms with Crippen LogP contribution in [0.25, 0.3) is 0 Å². The molecule has 1 saturated carbocycles. The third-order valence-electron chi connectivity index (χ3n) is 4.25. The molecule has 0 bridgehead atoms.